The number of nitrogens with two attached hydrogens (primary N) is 1. The summed E-state index contributed by atoms with van der Waals surface area (Å²) in [5.41, 5.74) is 4.79. The maximum absolute atomic E-state index is 11.5. The first-order valence-corrected chi connectivity index (χ1v) is 5.80. The van der Waals surface area contributed by atoms with Crippen molar-refractivity contribution in [1.82, 2.24) is 0 Å². The summed E-state index contributed by atoms with van der Waals surface area (Å²) >= 11 is 0. The first kappa shape index (κ1) is 15.4. The van der Waals surface area contributed by atoms with Crippen molar-refractivity contribution in [2.75, 3.05) is 20.3 Å². The van der Waals surface area contributed by atoms with Crippen molar-refractivity contribution < 1.29 is 14.3 Å². The van der Waals surface area contributed by atoms with Crippen molar-refractivity contribution >= 4 is 5.97 Å². The quantitative estimate of drug-likeness (QED) is 0.678. The van der Waals surface area contributed by atoms with E-state index in [2.05, 4.69) is 0 Å². The van der Waals surface area contributed by atoms with Gasteiger partial charge in [-0.05, 0) is 26.7 Å². The van der Waals surface area contributed by atoms with Gasteiger partial charge >= 0.3 is 5.97 Å². The Hall–Kier alpha value is -0.610. The van der Waals surface area contributed by atoms with Crippen molar-refractivity contribution in [2.45, 2.75) is 46.1 Å². The molecule has 0 radical (unpaired) electrons. The van der Waals surface area contributed by atoms with E-state index >= 15 is 0 Å². The van der Waals surface area contributed by atoms with Crippen LogP contribution in [0.2, 0.25) is 0 Å². The zero-order valence-electron chi connectivity index (χ0n) is 11.1. The Morgan fingerprint density at radius 2 is 1.75 bits per heavy atom. The summed E-state index contributed by atoms with van der Waals surface area (Å²) in [5.74, 6) is -0.259. The minimum absolute atomic E-state index is 0.259. The van der Waals surface area contributed by atoms with Crippen molar-refractivity contribution in [3.05, 3.63) is 0 Å². The van der Waals surface area contributed by atoms with Crippen LogP contribution in [-0.4, -0.2) is 31.8 Å². The average Bonchev–Trinajstić information content (AvgIpc) is 2.30. The second-order valence-corrected chi connectivity index (χ2v) is 4.76. The van der Waals surface area contributed by atoms with Crippen LogP contribution in [0.15, 0.2) is 0 Å². The van der Waals surface area contributed by atoms with E-state index in [-0.39, 0.29) is 11.6 Å². The molecule has 4 nitrogen and oxygen atoms in total. The van der Waals surface area contributed by atoms with Gasteiger partial charge in [0, 0.05) is 6.54 Å². The topological polar surface area (TPSA) is 61.5 Å². The molecular weight excluding hydrogens is 206 g/mol. The van der Waals surface area contributed by atoms with E-state index in [9.17, 15) is 4.79 Å². The van der Waals surface area contributed by atoms with E-state index in [4.69, 9.17) is 15.2 Å². The molecule has 0 saturated carbocycles. The van der Waals surface area contributed by atoms with E-state index in [1.165, 1.54) is 7.11 Å². The summed E-state index contributed by atoms with van der Waals surface area (Å²) < 4.78 is 10.6. The maximum Gasteiger partial charge on any atom is 0.313 e. The van der Waals surface area contributed by atoms with Gasteiger partial charge < -0.3 is 15.2 Å². The lowest BCUT2D eigenvalue weighted by atomic mass is 9.93. The summed E-state index contributed by atoms with van der Waals surface area (Å²) in [4.78, 5) is 11.5. The molecule has 0 aliphatic rings. The van der Waals surface area contributed by atoms with Crippen LogP contribution in [0.25, 0.3) is 0 Å². The molecule has 0 bridgehead atoms. The Morgan fingerprint density at radius 3 is 2.06 bits per heavy atom. The summed E-state index contributed by atoms with van der Waals surface area (Å²) in [6.07, 6.45) is 1.69. The fraction of sp³-hybridized carbons (Fsp3) is 0.917. The van der Waals surface area contributed by atoms with E-state index in [0.717, 1.165) is 12.8 Å². The maximum atomic E-state index is 11.5. The van der Waals surface area contributed by atoms with Crippen LogP contribution in [0.5, 0.6) is 0 Å². The van der Waals surface area contributed by atoms with Crippen LogP contribution < -0.4 is 5.73 Å². The molecule has 0 aromatic rings. The third-order valence-electron chi connectivity index (χ3n) is 3.14. The second kappa shape index (κ2) is 6.21. The minimum Gasteiger partial charge on any atom is -0.469 e. The van der Waals surface area contributed by atoms with Crippen LogP contribution in [-0.2, 0) is 14.3 Å². The fourth-order valence-corrected chi connectivity index (χ4v) is 1.47. The number of esters is 1. The number of methoxy groups -OCH3 is 1. The lowest BCUT2D eigenvalue weighted by molar-refractivity contribution is -0.159. The van der Waals surface area contributed by atoms with Crippen molar-refractivity contribution in [3.63, 3.8) is 0 Å². The first-order chi connectivity index (χ1) is 7.37. The van der Waals surface area contributed by atoms with Gasteiger partial charge in [0.15, 0.2) is 0 Å². The number of carbonyl (C=O) groups excluding carboxylic acids is 1. The first-order valence-electron chi connectivity index (χ1n) is 5.80. The van der Waals surface area contributed by atoms with Gasteiger partial charge in [-0.2, -0.15) is 0 Å². The third kappa shape index (κ3) is 3.76. The van der Waals surface area contributed by atoms with Crippen molar-refractivity contribution in [1.29, 1.82) is 0 Å². The Labute approximate surface area is 98.5 Å². The highest BCUT2D eigenvalue weighted by atomic mass is 16.5. The molecule has 0 rings (SSSR count). The number of hydrogen-bond donors (Lipinski definition) is 1. The normalized spacial score (nSPS) is 12.6. The van der Waals surface area contributed by atoms with Gasteiger partial charge in [0.1, 0.15) is 0 Å². The van der Waals surface area contributed by atoms with Gasteiger partial charge in [-0.3, -0.25) is 4.79 Å². The predicted molar refractivity (Wildman–Crippen MR) is 64.1 cm³/mol. The third-order valence-corrected chi connectivity index (χ3v) is 3.14. The Bertz CT molecular complexity index is 214. The Morgan fingerprint density at radius 1 is 1.25 bits per heavy atom. The average molecular weight is 231 g/mol. The van der Waals surface area contributed by atoms with Gasteiger partial charge in [0.05, 0.1) is 24.7 Å². The summed E-state index contributed by atoms with van der Waals surface area (Å²) in [6.45, 7) is 8.51. The highest BCUT2D eigenvalue weighted by Crippen LogP contribution is 2.25. The highest BCUT2D eigenvalue weighted by Gasteiger charge is 2.34. The largest absolute Gasteiger partial charge is 0.469 e. The molecule has 0 aliphatic heterocycles. The van der Waals surface area contributed by atoms with E-state index in [1.807, 2.05) is 27.7 Å². The molecule has 2 N–H and O–H groups in total. The van der Waals surface area contributed by atoms with Crippen LogP contribution in [0.3, 0.4) is 0 Å². The Kier molecular flexibility index (Phi) is 5.97. The van der Waals surface area contributed by atoms with E-state index in [1.54, 1.807) is 0 Å². The molecule has 0 saturated heterocycles. The molecule has 0 aromatic carbocycles. The summed E-state index contributed by atoms with van der Waals surface area (Å²) in [6, 6.07) is 0. The van der Waals surface area contributed by atoms with Gasteiger partial charge in [0.2, 0.25) is 0 Å². The highest BCUT2D eigenvalue weighted by molar-refractivity contribution is 5.75. The zero-order chi connectivity index (χ0) is 12.8. The van der Waals surface area contributed by atoms with E-state index < -0.39 is 5.41 Å². The van der Waals surface area contributed by atoms with Gasteiger partial charge in [-0.1, -0.05) is 13.8 Å². The molecule has 0 aliphatic carbocycles. The molecule has 0 spiro atoms. The van der Waals surface area contributed by atoms with Crippen LogP contribution in [0.4, 0.5) is 0 Å². The molecule has 0 amide bonds. The van der Waals surface area contributed by atoms with Crippen LogP contribution in [0, 0.1) is 5.41 Å². The molecule has 4 heteroatoms. The van der Waals surface area contributed by atoms with Gasteiger partial charge in [0.25, 0.3) is 0 Å². The minimum atomic E-state index is -0.625. The van der Waals surface area contributed by atoms with Crippen LogP contribution in [0.1, 0.15) is 40.5 Å². The Balaban J connectivity index is 4.46. The van der Waals surface area contributed by atoms with Crippen molar-refractivity contribution in [3.8, 4) is 0 Å². The van der Waals surface area contributed by atoms with Gasteiger partial charge in [-0.15, -0.1) is 0 Å². The monoisotopic (exact) mass is 231 g/mol. The molecule has 96 valence electrons. The molecule has 16 heavy (non-hydrogen) atoms. The molecule has 0 unspecified atom stereocenters. The lowest BCUT2D eigenvalue weighted by Crippen LogP contribution is -2.43. The number of carbonyl (C=O) groups is 1. The molecular formula is C12H25NO3. The number of ether oxygens (including phenoxy) is 2. The molecule has 0 aromatic heterocycles. The standard InChI is InChI=1S/C12H25NO3/c1-6-12(7-2,8-13)16-9-11(3,4)10(14)15-5/h6-9,13H2,1-5H3. The predicted octanol–water partition coefficient (Wildman–Crippen LogP) is 1.72. The number of rotatable bonds is 7. The molecule has 0 heterocycles. The SMILES string of the molecule is CCC(CC)(CN)OCC(C)(C)C(=O)OC. The van der Waals surface area contributed by atoms with E-state index in [0.29, 0.717) is 13.2 Å². The summed E-state index contributed by atoms with van der Waals surface area (Å²) in [5, 5.41) is 0. The van der Waals surface area contributed by atoms with Crippen molar-refractivity contribution in [2.24, 2.45) is 11.1 Å². The molecule has 0 atom stereocenters. The summed E-state index contributed by atoms with van der Waals surface area (Å²) in [7, 11) is 1.39. The van der Waals surface area contributed by atoms with Crippen LogP contribution >= 0.6 is 0 Å². The number of hydrogen-bond acceptors (Lipinski definition) is 4. The smallest absolute Gasteiger partial charge is 0.313 e. The van der Waals surface area contributed by atoms with Gasteiger partial charge in [-0.25, -0.2) is 0 Å². The second-order valence-electron chi connectivity index (χ2n) is 4.76. The fourth-order valence-electron chi connectivity index (χ4n) is 1.47. The molecule has 0 fully saturated rings. The lowest BCUT2D eigenvalue weighted by Gasteiger charge is -2.34. The zero-order valence-corrected chi connectivity index (χ0v) is 11.1.